The maximum Gasteiger partial charge on any atom is 0.214 e. The van der Waals surface area contributed by atoms with Gasteiger partial charge in [-0.05, 0) is 24.7 Å². The first-order valence-corrected chi connectivity index (χ1v) is 10.9. The lowest BCUT2D eigenvalue weighted by atomic mass is 9.78. The van der Waals surface area contributed by atoms with Gasteiger partial charge in [0.2, 0.25) is 10.0 Å². The summed E-state index contributed by atoms with van der Waals surface area (Å²) >= 11 is 0. The van der Waals surface area contributed by atoms with Crippen molar-refractivity contribution in [2.45, 2.75) is 46.1 Å². The zero-order valence-electron chi connectivity index (χ0n) is 16.5. The van der Waals surface area contributed by atoms with Gasteiger partial charge in [-0.2, -0.15) is 0 Å². The maximum atomic E-state index is 11.8. The van der Waals surface area contributed by atoms with Crippen molar-refractivity contribution in [2.24, 2.45) is 16.3 Å². The van der Waals surface area contributed by atoms with Crippen molar-refractivity contribution in [2.75, 3.05) is 45.6 Å². The van der Waals surface area contributed by atoms with E-state index in [0.717, 1.165) is 38.4 Å². The molecule has 154 valence electrons. The van der Waals surface area contributed by atoms with Crippen molar-refractivity contribution in [3.63, 3.8) is 0 Å². The Balaban J connectivity index is 0.00000338. The van der Waals surface area contributed by atoms with E-state index in [1.54, 1.807) is 11.4 Å². The summed E-state index contributed by atoms with van der Waals surface area (Å²) in [6, 6.07) is 0. The summed E-state index contributed by atoms with van der Waals surface area (Å²) < 4.78 is 31.2. The topological polar surface area (TPSA) is 83.0 Å². The SMILES string of the molecule is CN=C(NCCN1CCCS1(=O)=O)NCC1CCCOC1C(C)(C)C.I. The molecule has 2 aliphatic heterocycles. The van der Waals surface area contributed by atoms with Crippen molar-refractivity contribution < 1.29 is 13.2 Å². The van der Waals surface area contributed by atoms with Crippen molar-refractivity contribution >= 4 is 40.0 Å². The van der Waals surface area contributed by atoms with Gasteiger partial charge >= 0.3 is 0 Å². The number of nitrogens with one attached hydrogen (secondary N) is 2. The van der Waals surface area contributed by atoms with Crippen LogP contribution in [-0.4, -0.2) is 70.4 Å². The predicted molar refractivity (Wildman–Crippen MR) is 117 cm³/mol. The number of hydrogen-bond donors (Lipinski definition) is 2. The van der Waals surface area contributed by atoms with Gasteiger partial charge in [-0.1, -0.05) is 20.8 Å². The highest BCUT2D eigenvalue weighted by Gasteiger charge is 2.35. The normalized spacial score (nSPS) is 27.0. The van der Waals surface area contributed by atoms with Gasteiger partial charge in [-0.3, -0.25) is 4.99 Å². The molecule has 0 aromatic rings. The lowest BCUT2D eigenvalue weighted by Crippen LogP contribution is -2.48. The standard InChI is InChI=1S/C17H34N4O3S.HI/c1-17(2,3)15-14(7-5-11-24-15)13-20-16(18-4)19-8-10-21-9-6-12-25(21,22)23;/h14-15H,5-13H2,1-4H3,(H2,18,19,20);1H. The molecular formula is C17H35IN4O3S. The minimum absolute atomic E-state index is 0. The lowest BCUT2D eigenvalue weighted by molar-refractivity contribution is -0.0835. The van der Waals surface area contributed by atoms with Crippen LogP contribution in [0.5, 0.6) is 0 Å². The van der Waals surface area contributed by atoms with Crippen LogP contribution in [0.25, 0.3) is 0 Å². The quantitative estimate of drug-likeness (QED) is 0.340. The first-order chi connectivity index (χ1) is 11.7. The highest BCUT2D eigenvalue weighted by atomic mass is 127. The van der Waals surface area contributed by atoms with E-state index in [0.29, 0.717) is 25.6 Å². The zero-order chi connectivity index (χ0) is 18.5. The van der Waals surface area contributed by atoms with Crippen LogP contribution in [0.3, 0.4) is 0 Å². The fraction of sp³-hybridized carbons (Fsp3) is 0.941. The predicted octanol–water partition coefficient (Wildman–Crippen LogP) is 1.65. The first-order valence-electron chi connectivity index (χ1n) is 9.28. The Hall–Kier alpha value is -0.130. The minimum Gasteiger partial charge on any atom is -0.377 e. The van der Waals surface area contributed by atoms with Crippen molar-refractivity contribution in [1.82, 2.24) is 14.9 Å². The van der Waals surface area contributed by atoms with Gasteiger partial charge in [0.15, 0.2) is 5.96 Å². The highest BCUT2D eigenvalue weighted by Crippen LogP contribution is 2.33. The molecule has 0 bridgehead atoms. The number of nitrogens with zero attached hydrogens (tertiary/aromatic N) is 2. The Kier molecular flexibility index (Phi) is 9.59. The molecule has 2 rings (SSSR count). The van der Waals surface area contributed by atoms with Crippen LogP contribution in [0.15, 0.2) is 4.99 Å². The number of rotatable bonds is 5. The molecule has 2 fully saturated rings. The second-order valence-electron chi connectivity index (χ2n) is 8.01. The van der Waals surface area contributed by atoms with Crippen molar-refractivity contribution in [3.8, 4) is 0 Å². The van der Waals surface area contributed by atoms with Gasteiger partial charge < -0.3 is 15.4 Å². The third kappa shape index (κ3) is 6.79. The number of aliphatic imine (C=N–C) groups is 1. The van der Waals surface area contributed by atoms with Gasteiger partial charge in [0, 0.05) is 45.8 Å². The Morgan fingerprint density at radius 1 is 1.27 bits per heavy atom. The zero-order valence-corrected chi connectivity index (χ0v) is 19.6. The molecule has 0 radical (unpaired) electrons. The molecule has 2 unspecified atom stereocenters. The van der Waals surface area contributed by atoms with Gasteiger partial charge in [-0.25, -0.2) is 12.7 Å². The van der Waals surface area contributed by atoms with Gasteiger partial charge in [0.25, 0.3) is 0 Å². The Labute approximate surface area is 175 Å². The molecule has 0 aliphatic carbocycles. The van der Waals surface area contributed by atoms with Crippen LogP contribution >= 0.6 is 24.0 Å². The van der Waals surface area contributed by atoms with E-state index in [1.165, 1.54) is 0 Å². The average molecular weight is 502 g/mol. The number of hydrogen-bond acceptors (Lipinski definition) is 4. The van der Waals surface area contributed by atoms with E-state index >= 15 is 0 Å². The number of halogens is 1. The highest BCUT2D eigenvalue weighted by molar-refractivity contribution is 14.0. The van der Waals surface area contributed by atoms with Crippen LogP contribution in [0.2, 0.25) is 0 Å². The molecule has 0 aromatic carbocycles. The molecule has 0 amide bonds. The Morgan fingerprint density at radius 3 is 2.58 bits per heavy atom. The molecule has 7 nitrogen and oxygen atoms in total. The van der Waals surface area contributed by atoms with Gasteiger partial charge in [-0.15, -0.1) is 24.0 Å². The monoisotopic (exact) mass is 502 g/mol. The second-order valence-corrected chi connectivity index (χ2v) is 10.1. The summed E-state index contributed by atoms with van der Waals surface area (Å²) in [6.45, 7) is 9.99. The van der Waals surface area contributed by atoms with Crippen molar-refractivity contribution in [1.29, 1.82) is 0 Å². The fourth-order valence-corrected chi connectivity index (χ4v) is 5.23. The molecule has 26 heavy (non-hydrogen) atoms. The summed E-state index contributed by atoms with van der Waals surface area (Å²) in [4.78, 5) is 4.25. The van der Waals surface area contributed by atoms with Crippen LogP contribution in [0.4, 0.5) is 0 Å². The Bertz CT molecular complexity index is 563. The molecule has 0 aromatic heterocycles. The van der Waals surface area contributed by atoms with Gasteiger partial charge in [0.1, 0.15) is 0 Å². The Morgan fingerprint density at radius 2 is 2.00 bits per heavy atom. The van der Waals surface area contributed by atoms with E-state index in [9.17, 15) is 8.42 Å². The molecule has 2 atom stereocenters. The molecule has 2 aliphatic rings. The van der Waals surface area contributed by atoms with Crippen molar-refractivity contribution in [3.05, 3.63) is 0 Å². The minimum atomic E-state index is -3.03. The molecule has 2 N–H and O–H groups in total. The number of ether oxygens (including phenoxy) is 1. The third-order valence-corrected chi connectivity index (χ3v) is 6.87. The third-order valence-electron chi connectivity index (χ3n) is 4.91. The molecule has 2 saturated heterocycles. The van der Waals surface area contributed by atoms with E-state index in [-0.39, 0.29) is 41.2 Å². The molecule has 9 heteroatoms. The van der Waals surface area contributed by atoms with E-state index in [1.807, 2.05) is 0 Å². The van der Waals surface area contributed by atoms with E-state index in [4.69, 9.17) is 4.74 Å². The first kappa shape index (κ1) is 23.9. The van der Waals surface area contributed by atoms with Crippen LogP contribution in [-0.2, 0) is 14.8 Å². The average Bonchev–Trinajstić information content (AvgIpc) is 2.88. The summed E-state index contributed by atoms with van der Waals surface area (Å²) in [7, 11) is -1.29. The molecule has 0 saturated carbocycles. The van der Waals surface area contributed by atoms with Gasteiger partial charge in [0.05, 0.1) is 11.9 Å². The van der Waals surface area contributed by atoms with Crippen LogP contribution < -0.4 is 10.6 Å². The summed E-state index contributed by atoms with van der Waals surface area (Å²) in [5.74, 6) is 1.44. The molecule has 2 heterocycles. The summed E-state index contributed by atoms with van der Waals surface area (Å²) in [6.07, 6.45) is 3.21. The summed E-state index contributed by atoms with van der Waals surface area (Å²) in [5.41, 5.74) is 0.119. The number of sulfonamides is 1. The number of guanidine groups is 1. The smallest absolute Gasteiger partial charge is 0.214 e. The lowest BCUT2D eigenvalue weighted by Gasteiger charge is -2.40. The fourth-order valence-electron chi connectivity index (χ4n) is 3.70. The second kappa shape index (κ2) is 10.4. The maximum absolute atomic E-state index is 11.8. The van der Waals surface area contributed by atoms with Crippen LogP contribution in [0.1, 0.15) is 40.0 Å². The van der Waals surface area contributed by atoms with Crippen LogP contribution in [0, 0.1) is 11.3 Å². The molecular weight excluding hydrogens is 467 g/mol. The summed E-state index contributed by atoms with van der Waals surface area (Å²) in [5, 5.41) is 6.60. The largest absolute Gasteiger partial charge is 0.377 e. The van der Waals surface area contributed by atoms with E-state index in [2.05, 4.69) is 36.4 Å². The van der Waals surface area contributed by atoms with E-state index < -0.39 is 10.0 Å². The molecule has 0 spiro atoms.